The third-order valence-electron chi connectivity index (χ3n) is 4.24. The molecule has 2 aromatic carbocycles. The van der Waals surface area contributed by atoms with E-state index in [0.29, 0.717) is 0 Å². The van der Waals surface area contributed by atoms with Gasteiger partial charge in [-0.25, -0.2) is 4.98 Å². The number of aryl methyl sites for hydroxylation is 1. The van der Waals surface area contributed by atoms with E-state index in [0.717, 1.165) is 24.4 Å². The summed E-state index contributed by atoms with van der Waals surface area (Å²) in [5.41, 5.74) is 4.68. The second-order valence-electron chi connectivity index (χ2n) is 5.57. The van der Waals surface area contributed by atoms with E-state index in [9.17, 15) is 0 Å². The standard InChI is InChI=1S/C19H18N2O/c1-22-16-11-9-15(10-12-16)19-18(14-6-3-2-4-7-14)20-17-8-5-13-21(17)19/h2-4,6-7,9-12H,5,8,13H2,1H3. The Labute approximate surface area is 130 Å². The van der Waals surface area contributed by atoms with Gasteiger partial charge in [-0.15, -0.1) is 0 Å². The summed E-state index contributed by atoms with van der Waals surface area (Å²) in [6, 6.07) is 18.7. The first-order valence-electron chi connectivity index (χ1n) is 7.66. The van der Waals surface area contributed by atoms with Crippen molar-refractivity contribution in [3.05, 3.63) is 60.4 Å². The van der Waals surface area contributed by atoms with Crippen molar-refractivity contribution in [2.24, 2.45) is 0 Å². The molecule has 1 aliphatic rings. The zero-order chi connectivity index (χ0) is 14.9. The number of hydrogen-bond donors (Lipinski definition) is 0. The van der Waals surface area contributed by atoms with Gasteiger partial charge in [-0.1, -0.05) is 30.3 Å². The average Bonchev–Trinajstić information content (AvgIpc) is 3.16. The van der Waals surface area contributed by atoms with E-state index in [1.54, 1.807) is 7.11 Å². The van der Waals surface area contributed by atoms with Gasteiger partial charge in [0.05, 0.1) is 18.5 Å². The van der Waals surface area contributed by atoms with Crippen LogP contribution in [0, 0.1) is 0 Å². The molecule has 2 heterocycles. The molecule has 0 fully saturated rings. The monoisotopic (exact) mass is 290 g/mol. The lowest BCUT2D eigenvalue weighted by Gasteiger charge is -2.09. The number of nitrogens with zero attached hydrogens (tertiary/aromatic N) is 2. The van der Waals surface area contributed by atoms with Crippen molar-refractivity contribution in [2.45, 2.75) is 19.4 Å². The van der Waals surface area contributed by atoms with Crippen LogP contribution in [0.3, 0.4) is 0 Å². The summed E-state index contributed by atoms with van der Waals surface area (Å²) in [6.45, 7) is 1.05. The summed E-state index contributed by atoms with van der Waals surface area (Å²) in [6.07, 6.45) is 2.25. The van der Waals surface area contributed by atoms with Crippen LogP contribution >= 0.6 is 0 Å². The lowest BCUT2D eigenvalue weighted by molar-refractivity contribution is 0.415. The van der Waals surface area contributed by atoms with Crippen molar-refractivity contribution in [3.8, 4) is 28.3 Å². The average molecular weight is 290 g/mol. The predicted octanol–water partition coefficient (Wildman–Crippen LogP) is 4.17. The van der Waals surface area contributed by atoms with Gasteiger partial charge in [0, 0.05) is 24.1 Å². The van der Waals surface area contributed by atoms with E-state index in [1.165, 1.54) is 29.1 Å². The normalized spacial score (nSPS) is 13.1. The number of ether oxygens (including phenoxy) is 1. The molecule has 0 unspecified atom stereocenters. The van der Waals surface area contributed by atoms with Crippen molar-refractivity contribution in [1.29, 1.82) is 0 Å². The van der Waals surface area contributed by atoms with Crippen LogP contribution in [0.5, 0.6) is 5.75 Å². The van der Waals surface area contributed by atoms with Crippen LogP contribution in [0.25, 0.3) is 22.5 Å². The number of hydrogen-bond acceptors (Lipinski definition) is 2. The van der Waals surface area contributed by atoms with Gasteiger partial charge in [0.15, 0.2) is 0 Å². The highest BCUT2D eigenvalue weighted by Gasteiger charge is 2.22. The third kappa shape index (κ3) is 2.10. The molecule has 110 valence electrons. The fraction of sp³-hybridized carbons (Fsp3) is 0.211. The Hall–Kier alpha value is -2.55. The van der Waals surface area contributed by atoms with Crippen molar-refractivity contribution in [2.75, 3.05) is 7.11 Å². The quantitative estimate of drug-likeness (QED) is 0.724. The molecule has 1 aliphatic heterocycles. The second-order valence-corrected chi connectivity index (χ2v) is 5.57. The van der Waals surface area contributed by atoms with Gasteiger partial charge in [0.1, 0.15) is 11.6 Å². The molecular weight excluding hydrogens is 272 g/mol. The van der Waals surface area contributed by atoms with Gasteiger partial charge in [0.2, 0.25) is 0 Å². The molecule has 0 amide bonds. The van der Waals surface area contributed by atoms with Crippen LogP contribution in [0.4, 0.5) is 0 Å². The van der Waals surface area contributed by atoms with Gasteiger partial charge in [-0.2, -0.15) is 0 Å². The third-order valence-corrected chi connectivity index (χ3v) is 4.24. The minimum absolute atomic E-state index is 0.881. The first kappa shape index (κ1) is 13.1. The van der Waals surface area contributed by atoms with Crippen LogP contribution in [0.1, 0.15) is 12.2 Å². The Morgan fingerprint density at radius 1 is 0.955 bits per heavy atom. The molecule has 3 aromatic rings. The Morgan fingerprint density at radius 3 is 2.45 bits per heavy atom. The van der Waals surface area contributed by atoms with E-state index in [4.69, 9.17) is 9.72 Å². The summed E-state index contributed by atoms with van der Waals surface area (Å²) in [7, 11) is 1.70. The first-order valence-corrected chi connectivity index (χ1v) is 7.66. The molecule has 0 bridgehead atoms. The number of rotatable bonds is 3. The van der Waals surface area contributed by atoms with E-state index < -0.39 is 0 Å². The Bertz CT molecular complexity index is 788. The maximum absolute atomic E-state index is 5.27. The summed E-state index contributed by atoms with van der Waals surface area (Å²) in [4.78, 5) is 4.91. The number of aromatic nitrogens is 2. The minimum Gasteiger partial charge on any atom is -0.497 e. The molecular formula is C19H18N2O. The smallest absolute Gasteiger partial charge is 0.118 e. The van der Waals surface area contributed by atoms with E-state index in [1.807, 2.05) is 18.2 Å². The van der Waals surface area contributed by atoms with Gasteiger partial charge in [-0.05, 0) is 30.7 Å². The van der Waals surface area contributed by atoms with Crippen molar-refractivity contribution < 1.29 is 4.74 Å². The second kappa shape index (κ2) is 5.34. The molecule has 0 atom stereocenters. The number of methoxy groups -OCH3 is 1. The van der Waals surface area contributed by atoms with Crippen molar-refractivity contribution >= 4 is 0 Å². The van der Waals surface area contributed by atoms with Gasteiger partial charge in [-0.3, -0.25) is 0 Å². The van der Waals surface area contributed by atoms with Crippen LogP contribution in [0.15, 0.2) is 54.6 Å². The summed E-state index contributed by atoms with van der Waals surface area (Å²) in [5, 5.41) is 0. The molecule has 1 aromatic heterocycles. The van der Waals surface area contributed by atoms with E-state index >= 15 is 0 Å². The van der Waals surface area contributed by atoms with Crippen molar-refractivity contribution in [3.63, 3.8) is 0 Å². The molecule has 3 heteroatoms. The zero-order valence-corrected chi connectivity index (χ0v) is 12.6. The maximum atomic E-state index is 5.27. The Kier molecular flexibility index (Phi) is 3.19. The SMILES string of the molecule is COc1ccc(-c2c(-c3ccccc3)nc3n2CCC3)cc1. The van der Waals surface area contributed by atoms with Crippen LogP contribution < -0.4 is 4.74 Å². The zero-order valence-electron chi connectivity index (χ0n) is 12.6. The lowest BCUT2D eigenvalue weighted by atomic mass is 10.0. The summed E-state index contributed by atoms with van der Waals surface area (Å²) < 4.78 is 7.64. The highest BCUT2D eigenvalue weighted by atomic mass is 16.5. The molecule has 0 saturated heterocycles. The largest absolute Gasteiger partial charge is 0.497 e. The predicted molar refractivity (Wildman–Crippen MR) is 88.0 cm³/mol. The Balaban J connectivity index is 1.89. The molecule has 3 nitrogen and oxygen atoms in total. The highest BCUT2D eigenvalue weighted by Crippen LogP contribution is 2.36. The first-order chi connectivity index (χ1) is 10.9. The van der Waals surface area contributed by atoms with E-state index in [2.05, 4.69) is 41.0 Å². The molecule has 0 spiro atoms. The van der Waals surface area contributed by atoms with Crippen LogP contribution in [-0.4, -0.2) is 16.7 Å². The number of benzene rings is 2. The molecule has 0 N–H and O–H groups in total. The molecule has 4 rings (SSSR count). The highest BCUT2D eigenvalue weighted by molar-refractivity contribution is 5.79. The fourth-order valence-electron chi connectivity index (χ4n) is 3.16. The topological polar surface area (TPSA) is 27.1 Å². The minimum atomic E-state index is 0.881. The molecule has 0 aliphatic carbocycles. The summed E-state index contributed by atoms with van der Waals surface area (Å²) in [5.74, 6) is 2.08. The van der Waals surface area contributed by atoms with Gasteiger partial charge in [0.25, 0.3) is 0 Å². The maximum Gasteiger partial charge on any atom is 0.118 e. The van der Waals surface area contributed by atoms with E-state index in [-0.39, 0.29) is 0 Å². The molecule has 0 radical (unpaired) electrons. The van der Waals surface area contributed by atoms with Gasteiger partial charge < -0.3 is 9.30 Å². The molecule has 0 saturated carbocycles. The Morgan fingerprint density at radius 2 is 1.73 bits per heavy atom. The number of imidazole rings is 1. The number of fused-ring (bicyclic) bond motifs is 1. The lowest BCUT2D eigenvalue weighted by Crippen LogP contribution is -1.96. The van der Waals surface area contributed by atoms with Crippen LogP contribution in [-0.2, 0) is 13.0 Å². The van der Waals surface area contributed by atoms with Crippen molar-refractivity contribution in [1.82, 2.24) is 9.55 Å². The summed E-state index contributed by atoms with van der Waals surface area (Å²) >= 11 is 0. The van der Waals surface area contributed by atoms with Crippen LogP contribution in [0.2, 0.25) is 0 Å². The molecule has 22 heavy (non-hydrogen) atoms. The van der Waals surface area contributed by atoms with Gasteiger partial charge >= 0.3 is 0 Å². The fourth-order valence-corrected chi connectivity index (χ4v) is 3.16.